The van der Waals surface area contributed by atoms with Crippen molar-refractivity contribution in [3.63, 3.8) is 0 Å². The fourth-order valence-electron chi connectivity index (χ4n) is 4.02. The molecule has 24 heavy (non-hydrogen) atoms. The molecule has 1 aromatic rings. The van der Waals surface area contributed by atoms with Crippen molar-refractivity contribution in [1.29, 1.82) is 0 Å². The summed E-state index contributed by atoms with van der Waals surface area (Å²) in [7, 11) is 3.83. The Morgan fingerprint density at radius 2 is 2.17 bits per heavy atom. The average molecular weight is 331 g/mol. The van der Waals surface area contributed by atoms with Crippen molar-refractivity contribution in [3.05, 3.63) is 29.3 Å². The van der Waals surface area contributed by atoms with Gasteiger partial charge in [-0.2, -0.15) is 0 Å². The summed E-state index contributed by atoms with van der Waals surface area (Å²) in [4.78, 5) is 15.1. The van der Waals surface area contributed by atoms with Crippen molar-refractivity contribution < 1.29 is 9.53 Å². The molecule has 1 unspecified atom stereocenters. The van der Waals surface area contributed by atoms with Gasteiger partial charge in [0.05, 0.1) is 7.11 Å². The van der Waals surface area contributed by atoms with Crippen molar-refractivity contribution in [2.75, 3.05) is 33.8 Å². The fourth-order valence-corrected chi connectivity index (χ4v) is 4.02. The molecule has 0 spiro atoms. The lowest BCUT2D eigenvalue weighted by Crippen LogP contribution is -2.50. The highest BCUT2D eigenvalue weighted by Crippen LogP contribution is 2.39. The number of likely N-dealkylation sites (tertiary alicyclic amines) is 1. The van der Waals surface area contributed by atoms with Gasteiger partial charge in [0, 0.05) is 6.54 Å². The summed E-state index contributed by atoms with van der Waals surface area (Å²) in [6.07, 6.45) is 4.92. The molecule has 5 nitrogen and oxygen atoms in total. The molecule has 1 saturated heterocycles. The summed E-state index contributed by atoms with van der Waals surface area (Å²) in [5.41, 5.74) is 7.57. The average Bonchev–Trinajstić information content (AvgIpc) is 2.95. The molecule has 0 radical (unpaired) electrons. The summed E-state index contributed by atoms with van der Waals surface area (Å²) in [5, 5.41) is 3.08. The van der Waals surface area contributed by atoms with Crippen molar-refractivity contribution in [3.8, 4) is 5.75 Å². The van der Waals surface area contributed by atoms with Crippen LogP contribution in [0.15, 0.2) is 18.2 Å². The molecule has 3 rings (SSSR count). The fraction of sp³-hybridized carbons (Fsp3) is 0.632. The summed E-state index contributed by atoms with van der Waals surface area (Å²) in [6, 6.07) is 5.81. The number of fused-ring (bicyclic) bond motifs is 1. The van der Waals surface area contributed by atoms with Gasteiger partial charge in [-0.25, -0.2) is 0 Å². The van der Waals surface area contributed by atoms with Crippen LogP contribution in [0.1, 0.15) is 36.8 Å². The SMILES string of the molecule is COc1cccc2c1CCC2(N)C(=O)NCCC1CCN(C)CC1. The molecule has 0 saturated carbocycles. The van der Waals surface area contributed by atoms with Crippen LogP contribution in [0.25, 0.3) is 0 Å². The second kappa shape index (κ2) is 7.11. The van der Waals surface area contributed by atoms with Crippen LogP contribution in [0.5, 0.6) is 5.75 Å². The Morgan fingerprint density at radius 1 is 1.42 bits per heavy atom. The second-order valence-corrected chi connectivity index (χ2v) is 7.25. The molecular weight excluding hydrogens is 302 g/mol. The predicted octanol–water partition coefficient (Wildman–Crippen LogP) is 1.64. The van der Waals surface area contributed by atoms with E-state index in [1.807, 2.05) is 18.2 Å². The minimum Gasteiger partial charge on any atom is -0.496 e. The van der Waals surface area contributed by atoms with E-state index in [9.17, 15) is 4.79 Å². The molecule has 3 N–H and O–H groups in total. The number of carbonyl (C=O) groups is 1. The van der Waals surface area contributed by atoms with Gasteiger partial charge in [0.1, 0.15) is 11.3 Å². The molecule has 0 aromatic heterocycles. The highest BCUT2D eigenvalue weighted by Gasteiger charge is 2.42. The van der Waals surface area contributed by atoms with E-state index in [2.05, 4.69) is 17.3 Å². The number of nitrogens with two attached hydrogens (primary N) is 1. The Kier molecular flexibility index (Phi) is 5.11. The van der Waals surface area contributed by atoms with Gasteiger partial charge in [0.2, 0.25) is 5.91 Å². The summed E-state index contributed by atoms with van der Waals surface area (Å²) in [5.74, 6) is 1.49. The van der Waals surface area contributed by atoms with Gasteiger partial charge in [-0.15, -0.1) is 0 Å². The minimum absolute atomic E-state index is 0.0533. The first-order chi connectivity index (χ1) is 11.5. The largest absolute Gasteiger partial charge is 0.496 e. The maximum atomic E-state index is 12.7. The Hall–Kier alpha value is -1.59. The normalized spacial score (nSPS) is 24.6. The van der Waals surface area contributed by atoms with Crippen LogP contribution in [0.4, 0.5) is 0 Å². The molecule has 5 heteroatoms. The molecule has 1 amide bonds. The summed E-state index contributed by atoms with van der Waals surface area (Å²) in [6.45, 7) is 3.03. The molecule has 1 fully saturated rings. The third kappa shape index (κ3) is 3.28. The van der Waals surface area contributed by atoms with E-state index in [1.165, 1.54) is 12.8 Å². The Labute approximate surface area is 144 Å². The number of hydrogen-bond acceptors (Lipinski definition) is 4. The molecule has 132 valence electrons. The number of hydrogen-bond donors (Lipinski definition) is 2. The number of carbonyl (C=O) groups excluding carboxylic acids is 1. The van der Waals surface area contributed by atoms with Gasteiger partial charge in [-0.3, -0.25) is 4.79 Å². The van der Waals surface area contributed by atoms with E-state index in [-0.39, 0.29) is 5.91 Å². The van der Waals surface area contributed by atoms with E-state index >= 15 is 0 Å². The standard InChI is InChI=1S/C19H29N3O2/c1-22-12-8-14(9-13-22)7-11-21-18(23)19(20)10-6-15-16(19)4-3-5-17(15)24-2/h3-5,14H,6-13,20H2,1-2H3,(H,21,23). The zero-order chi connectivity index (χ0) is 17.2. The van der Waals surface area contributed by atoms with Crippen molar-refractivity contribution in [1.82, 2.24) is 10.2 Å². The number of nitrogens with zero attached hydrogens (tertiary/aromatic N) is 1. The van der Waals surface area contributed by atoms with Gasteiger partial charge in [0.25, 0.3) is 0 Å². The molecular formula is C19H29N3O2. The van der Waals surface area contributed by atoms with E-state index in [1.54, 1.807) is 7.11 Å². The van der Waals surface area contributed by atoms with Crippen LogP contribution >= 0.6 is 0 Å². The number of nitrogens with one attached hydrogen (secondary N) is 1. The zero-order valence-electron chi connectivity index (χ0n) is 14.8. The Morgan fingerprint density at radius 3 is 2.88 bits per heavy atom. The lowest BCUT2D eigenvalue weighted by Gasteiger charge is -2.29. The number of ether oxygens (including phenoxy) is 1. The topological polar surface area (TPSA) is 67.6 Å². The zero-order valence-corrected chi connectivity index (χ0v) is 14.8. The number of benzene rings is 1. The van der Waals surface area contributed by atoms with Crippen LogP contribution in [-0.2, 0) is 16.8 Å². The maximum absolute atomic E-state index is 12.7. The highest BCUT2D eigenvalue weighted by atomic mass is 16.5. The summed E-state index contributed by atoms with van der Waals surface area (Å²) < 4.78 is 5.41. The first-order valence-corrected chi connectivity index (χ1v) is 8.96. The molecule has 2 aliphatic rings. The van der Waals surface area contributed by atoms with E-state index in [0.717, 1.165) is 42.8 Å². The third-order valence-corrected chi connectivity index (χ3v) is 5.68. The van der Waals surface area contributed by atoms with Crippen molar-refractivity contribution in [2.24, 2.45) is 11.7 Å². The molecule has 1 aromatic carbocycles. The van der Waals surface area contributed by atoms with Gasteiger partial charge >= 0.3 is 0 Å². The van der Waals surface area contributed by atoms with Crippen LogP contribution in [0.2, 0.25) is 0 Å². The number of amides is 1. The second-order valence-electron chi connectivity index (χ2n) is 7.25. The van der Waals surface area contributed by atoms with Gasteiger partial charge < -0.3 is 20.7 Å². The van der Waals surface area contributed by atoms with E-state index in [4.69, 9.17) is 10.5 Å². The smallest absolute Gasteiger partial charge is 0.244 e. The predicted molar refractivity (Wildman–Crippen MR) is 95.0 cm³/mol. The molecule has 0 bridgehead atoms. The molecule has 1 heterocycles. The minimum atomic E-state index is -0.920. The Bertz CT molecular complexity index is 596. The maximum Gasteiger partial charge on any atom is 0.244 e. The van der Waals surface area contributed by atoms with Crippen LogP contribution in [0.3, 0.4) is 0 Å². The summed E-state index contributed by atoms with van der Waals surface area (Å²) >= 11 is 0. The number of rotatable bonds is 5. The van der Waals surface area contributed by atoms with Gasteiger partial charge in [0.15, 0.2) is 0 Å². The van der Waals surface area contributed by atoms with Gasteiger partial charge in [-0.05, 0) is 75.4 Å². The molecule has 1 atom stereocenters. The van der Waals surface area contributed by atoms with Crippen molar-refractivity contribution >= 4 is 5.91 Å². The first kappa shape index (κ1) is 17.2. The lowest BCUT2D eigenvalue weighted by atomic mass is 9.91. The number of methoxy groups -OCH3 is 1. The molecule has 1 aliphatic heterocycles. The Balaban J connectivity index is 1.58. The van der Waals surface area contributed by atoms with Crippen LogP contribution in [0, 0.1) is 5.92 Å². The number of piperidine rings is 1. The van der Waals surface area contributed by atoms with Crippen LogP contribution in [-0.4, -0.2) is 44.6 Å². The van der Waals surface area contributed by atoms with Gasteiger partial charge in [-0.1, -0.05) is 12.1 Å². The lowest BCUT2D eigenvalue weighted by molar-refractivity contribution is -0.126. The van der Waals surface area contributed by atoms with Crippen molar-refractivity contribution in [2.45, 2.75) is 37.6 Å². The highest BCUT2D eigenvalue weighted by molar-refractivity contribution is 5.89. The monoisotopic (exact) mass is 331 g/mol. The first-order valence-electron chi connectivity index (χ1n) is 8.96. The third-order valence-electron chi connectivity index (χ3n) is 5.68. The van der Waals surface area contributed by atoms with E-state index in [0.29, 0.717) is 18.9 Å². The van der Waals surface area contributed by atoms with E-state index < -0.39 is 5.54 Å². The molecule has 1 aliphatic carbocycles. The quantitative estimate of drug-likeness (QED) is 0.861. The van der Waals surface area contributed by atoms with Crippen LogP contribution < -0.4 is 15.8 Å².